The molecule has 4 nitrogen and oxygen atoms in total. The third-order valence-electron chi connectivity index (χ3n) is 6.89. The van der Waals surface area contributed by atoms with Gasteiger partial charge in [0, 0.05) is 6.54 Å². The maximum absolute atomic E-state index is 13.1. The fourth-order valence-electron chi connectivity index (χ4n) is 5.17. The molecule has 1 N–H and O–H groups in total. The van der Waals surface area contributed by atoms with E-state index in [1.807, 2.05) is 18.2 Å². The Labute approximate surface area is 179 Å². The molecule has 3 fully saturated rings. The third-order valence-corrected chi connectivity index (χ3v) is 6.89. The Bertz CT molecular complexity index is 983. The lowest BCUT2D eigenvalue weighted by molar-refractivity contribution is -0.137. The molecule has 7 heteroatoms. The minimum Gasteiger partial charge on any atom is -0.445 e. The van der Waals surface area contributed by atoms with Crippen molar-refractivity contribution in [3.63, 3.8) is 0 Å². The first kappa shape index (κ1) is 20.4. The van der Waals surface area contributed by atoms with Crippen LogP contribution in [0.5, 0.6) is 0 Å². The lowest BCUT2D eigenvalue weighted by Crippen LogP contribution is -2.52. The summed E-state index contributed by atoms with van der Waals surface area (Å²) in [5, 5.41) is 3.00. The van der Waals surface area contributed by atoms with Gasteiger partial charge in [0.05, 0.1) is 11.6 Å². The Morgan fingerprint density at radius 2 is 1.81 bits per heavy atom. The van der Waals surface area contributed by atoms with Crippen molar-refractivity contribution in [1.29, 1.82) is 0 Å². The van der Waals surface area contributed by atoms with Crippen LogP contribution in [0.15, 0.2) is 42.5 Å². The highest BCUT2D eigenvalue weighted by Crippen LogP contribution is 2.37. The molecular formula is C24H25F3N2O2. The minimum atomic E-state index is -4.38. The van der Waals surface area contributed by atoms with Crippen molar-refractivity contribution in [2.45, 2.75) is 44.0 Å². The minimum absolute atomic E-state index is 0.0557. The zero-order valence-electron chi connectivity index (χ0n) is 17.1. The molecule has 4 aliphatic rings. The molecule has 2 aromatic rings. The van der Waals surface area contributed by atoms with E-state index in [1.165, 1.54) is 12.1 Å². The molecule has 6 rings (SSSR count). The molecule has 0 aromatic heterocycles. The number of aryl methyl sites for hydroxylation is 1. The summed E-state index contributed by atoms with van der Waals surface area (Å²) in [6.45, 7) is 2.97. The number of nitrogens with zero attached hydrogens (tertiary/aromatic N) is 1. The van der Waals surface area contributed by atoms with E-state index in [2.05, 4.69) is 10.2 Å². The number of nitrogens with one attached hydrogen (secondary N) is 1. The number of fused-ring (bicyclic) bond motifs is 4. The number of rotatable bonds is 3. The van der Waals surface area contributed by atoms with E-state index in [0.717, 1.165) is 62.5 Å². The van der Waals surface area contributed by atoms with Crippen molar-refractivity contribution in [3.8, 4) is 11.1 Å². The van der Waals surface area contributed by atoms with Gasteiger partial charge in [0.1, 0.15) is 6.10 Å². The van der Waals surface area contributed by atoms with Crippen LogP contribution >= 0.6 is 0 Å². The van der Waals surface area contributed by atoms with Crippen molar-refractivity contribution >= 4 is 6.09 Å². The van der Waals surface area contributed by atoms with Crippen molar-refractivity contribution in [1.82, 2.24) is 10.2 Å². The Morgan fingerprint density at radius 1 is 1.03 bits per heavy atom. The van der Waals surface area contributed by atoms with E-state index in [1.54, 1.807) is 6.07 Å². The summed E-state index contributed by atoms with van der Waals surface area (Å²) in [5.74, 6) is 0.444. The van der Waals surface area contributed by atoms with Crippen LogP contribution in [0.25, 0.3) is 11.1 Å². The number of amides is 1. The van der Waals surface area contributed by atoms with Gasteiger partial charge in [-0.2, -0.15) is 13.2 Å². The van der Waals surface area contributed by atoms with E-state index < -0.39 is 17.8 Å². The van der Waals surface area contributed by atoms with Crippen LogP contribution in [0.4, 0.5) is 18.0 Å². The molecule has 0 spiro atoms. The molecule has 164 valence electrons. The summed E-state index contributed by atoms with van der Waals surface area (Å²) in [7, 11) is 0. The van der Waals surface area contributed by atoms with Crippen LogP contribution in [0.1, 0.15) is 42.0 Å². The van der Waals surface area contributed by atoms with Crippen LogP contribution in [0.3, 0.4) is 0 Å². The monoisotopic (exact) mass is 430 g/mol. The van der Waals surface area contributed by atoms with Gasteiger partial charge < -0.3 is 10.1 Å². The molecule has 2 bridgehead atoms. The average molecular weight is 430 g/mol. The van der Waals surface area contributed by atoms with Gasteiger partial charge in [0.25, 0.3) is 0 Å². The number of hydrogen-bond donors (Lipinski definition) is 1. The smallest absolute Gasteiger partial charge is 0.416 e. The predicted molar refractivity (Wildman–Crippen MR) is 111 cm³/mol. The van der Waals surface area contributed by atoms with Gasteiger partial charge in [-0.15, -0.1) is 0 Å². The number of hydrogen-bond acceptors (Lipinski definition) is 3. The van der Waals surface area contributed by atoms with E-state index in [-0.39, 0.29) is 12.1 Å². The van der Waals surface area contributed by atoms with E-state index in [0.29, 0.717) is 17.0 Å². The molecule has 3 saturated heterocycles. The third kappa shape index (κ3) is 4.15. The Morgan fingerprint density at radius 3 is 2.52 bits per heavy atom. The van der Waals surface area contributed by atoms with Crippen LogP contribution in [0, 0.1) is 5.92 Å². The molecule has 31 heavy (non-hydrogen) atoms. The number of alkyl carbamates (subject to hydrolysis) is 1. The first-order valence-electron chi connectivity index (χ1n) is 10.9. The fourth-order valence-corrected chi connectivity index (χ4v) is 5.17. The van der Waals surface area contributed by atoms with E-state index in [4.69, 9.17) is 4.74 Å². The van der Waals surface area contributed by atoms with Gasteiger partial charge in [0.15, 0.2) is 0 Å². The molecule has 3 heterocycles. The number of halogens is 3. The van der Waals surface area contributed by atoms with Crippen LogP contribution in [-0.4, -0.2) is 36.7 Å². The second kappa shape index (κ2) is 7.86. The lowest BCUT2D eigenvalue weighted by Gasteiger charge is -2.43. The van der Waals surface area contributed by atoms with Crippen molar-refractivity contribution in [2.24, 2.45) is 5.92 Å². The van der Waals surface area contributed by atoms with Crippen molar-refractivity contribution in [2.75, 3.05) is 19.6 Å². The zero-order valence-corrected chi connectivity index (χ0v) is 17.1. The maximum atomic E-state index is 13.1. The summed E-state index contributed by atoms with van der Waals surface area (Å²) in [6, 6.07) is 10.9. The molecule has 1 aliphatic carbocycles. The number of alkyl halides is 3. The zero-order chi connectivity index (χ0) is 21.6. The normalized spacial score (nSPS) is 27.1. The standard InChI is InChI=1S/C24H25F3N2O2/c25-24(26,27)19-3-1-2-17(12-19)18-5-4-15-6-7-21(20(15)13-18)28-23(30)31-22-14-29-10-8-16(22)9-11-29/h1-5,12-13,16,21-22H,6-11,14H2,(H,28,30)/t21?,22-/m0/s1. The van der Waals surface area contributed by atoms with E-state index >= 15 is 0 Å². The molecule has 0 radical (unpaired) electrons. The predicted octanol–water partition coefficient (Wildman–Crippen LogP) is 5.18. The quantitative estimate of drug-likeness (QED) is 0.730. The van der Waals surface area contributed by atoms with Gasteiger partial charge in [-0.3, -0.25) is 4.90 Å². The summed E-state index contributed by atoms with van der Waals surface area (Å²) >= 11 is 0. The largest absolute Gasteiger partial charge is 0.445 e. The molecular weight excluding hydrogens is 405 g/mol. The summed E-state index contributed by atoms with van der Waals surface area (Å²) in [6.07, 6.45) is -1.11. The lowest BCUT2D eigenvalue weighted by atomic mass is 9.86. The Hall–Kier alpha value is -2.54. The first-order valence-corrected chi connectivity index (χ1v) is 10.9. The van der Waals surface area contributed by atoms with Gasteiger partial charge >= 0.3 is 12.3 Å². The first-order chi connectivity index (χ1) is 14.9. The summed E-state index contributed by atoms with van der Waals surface area (Å²) in [4.78, 5) is 14.9. The SMILES string of the molecule is O=C(NC1CCc2ccc(-c3cccc(C(F)(F)F)c3)cc21)O[C@H]1CN2CCC1CC2. The van der Waals surface area contributed by atoms with Gasteiger partial charge in [-0.25, -0.2) is 4.79 Å². The van der Waals surface area contributed by atoms with Gasteiger partial charge in [0.2, 0.25) is 0 Å². The number of carbonyl (C=O) groups is 1. The number of ether oxygens (including phenoxy) is 1. The highest BCUT2D eigenvalue weighted by molar-refractivity contribution is 5.70. The number of carbonyl (C=O) groups excluding carboxylic acids is 1. The number of benzene rings is 2. The summed E-state index contributed by atoms with van der Waals surface area (Å²) in [5.41, 5.74) is 2.63. The van der Waals surface area contributed by atoms with Crippen molar-refractivity contribution in [3.05, 3.63) is 59.2 Å². The van der Waals surface area contributed by atoms with Crippen molar-refractivity contribution < 1.29 is 22.7 Å². The molecule has 2 aromatic carbocycles. The molecule has 3 aliphatic heterocycles. The Kier molecular flexibility index (Phi) is 5.16. The molecule has 1 unspecified atom stereocenters. The second-order valence-corrected chi connectivity index (χ2v) is 8.81. The Balaban J connectivity index is 1.31. The molecule has 0 saturated carbocycles. The average Bonchev–Trinajstić information content (AvgIpc) is 3.16. The van der Waals surface area contributed by atoms with Gasteiger partial charge in [-0.05, 0) is 85.1 Å². The summed E-state index contributed by atoms with van der Waals surface area (Å²) < 4.78 is 45.0. The number of piperidine rings is 3. The van der Waals surface area contributed by atoms with Gasteiger partial charge in [-0.1, -0.05) is 24.3 Å². The second-order valence-electron chi connectivity index (χ2n) is 8.81. The molecule has 1 amide bonds. The van der Waals surface area contributed by atoms with Crippen LogP contribution < -0.4 is 5.32 Å². The fraction of sp³-hybridized carbons (Fsp3) is 0.458. The topological polar surface area (TPSA) is 41.6 Å². The molecule has 2 atom stereocenters. The van der Waals surface area contributed by atoms with Crippen LogP contribution in [0.2, 0.25) is 0 Å². The maximum Gasteiger partial charge on any atom is 0.416 e. The van der Waals surface area contributed by atoms with Crippen LogP contribution in [-0.2, 0) is 17.3 Å². The highest BCUT2D eigenvalue weighted by Gasteiger charge is 2.37. The van der Waals surface area contributed by atoms with E-state index in [9.17, 15) is 18.0 Å². The highest BCUT2D eigenvalue weighted by atomic mass is 19.4.